The lowest BCUT2D eigenvalue weighted by atomic mass is 10.0. The van der Waals surface area contributed by atoms with Gasteiger partial charge >= 0.3 is 0 Å². The van der Waals surface area contributed by atoms with Crippen LogP contribution in [0.15, 0.2) is 82.3 Å². The van der Waals surface area contributed by atoms with Gasteiger partial charge in [0.15, 0.2) is 0 Å². The molecule has 0 aromatic heterocycles. The number of phenolic OH excluding ortho intramolecular Hbond substituents is 1. The van der Waals surface area contributed by atoms with Crippen LogP contribution in [0.5, 0.6) is 5.75 Å². The van der Waals surface area contributed by atoms with Crippen LogP contribution in [0.2, 0.25) is 0 Å². The number of halogens is 1. The second-order valence-corrected chi connectivity index (χ2v) is 6.12. The topological polar surface area (TPSA) is 32.6 Å². The van der Waals surface area contributed by atoms with E-state index in [9.17, 15) is 5.11 Å². The van der Waals surface area contributed by atoms with Gasteiger partial charge in [0.2, 0.25) is 0 Å². The first-order valence-electron chi connectivity index (χ1n) is 7.37. The van der Waals surface area contributed by atoms with Crippen molar-refractivity contribution in [3.05, 3.63) is 94.0 Å². The van der Waals surface area contributed by atoms with Gasteiger partial charge in [0.1, 0.15) is 11.4 Å². The molecule has 0 heterocycles. The lowest BCUT2D eigenvalue weighted by molar-refractivity contribution is 0.476. The zero-order valence-electron chi connectivity index (χ0n) is 12.5. The molecule has 0 unspecified atom stereocenters. The summed E-state index contributed by atoms with van der Waals surface area (Å²) >= 11 is 3.49. The highest BCUT2D eigenvalue weighted by Gasteiger charge is 2.03. The quantitative estimate of drug-likeness (QED) is 0.608. The van der Waals surface area contributed by atoms with Gasteiger partial charge in [-0.2, -0.15) is 0 Å². The van der Waals surface area contributed by atoms with Gasteiger partial charge in [-0.3, -0.25) is 4.99 Å². The second kappa shape index (κ2) is 7.25. The van der Waals surface area contributed by atoms with Crippen LogP contribution in [-0.4, -0.2) is 11.3 Å². The Balaban J connectivity index is 1.85. The Morgan fingerprint density at radius 1 is 0.870 bits per heavy atom. The van der Waals surface area contributed by atoms with Crippen molar-refractivity contribution in [1.29, 1.82) is 0 Å². The Bertz CT molecular complexity index is 828. The van der Waals surface area contributed by atoms with E-state index in [4.69, 9.17) is 0 Å². The first-order valence-corrected chi connectivity index (χ1v) is 8.16. The van der Waals surface area contributed by atoms with Gasteiger partial charge in [0, 0.05) is 16.3 Å². The minimum Gasteiger partial charge on any atom is -0.506 e. The average molecular weight is 366 g/mol. The monoisotopic (exact) mass is 365 g/mol. The smallest absolute Gasteiger partial charge is 0.141 e. The summed E-state index contributed by atoms with van der Waals surface area (Å²) in [5.41, 5.74) is 3.90. The fourth-order valence-corrected chi connectivity index (χ4v) is 2.72. The van der Waals surface area contributed by atoms with Crippen molar-refractivity contribution in [2.24, 2.45) is 4.99 Å². The van der Waals surface area contributed by atoms with Crippen LogP contribution in [-0.2, 0) is 6.42 Å². The molecule has 3 rings (SSSR count). The Morgan fingerprint density at radius 2 is 1.61 bits per heavy atom. The fraction of sp³-hybridized carbons (Fsp3) is 0.0500. The Hall–Kier alpha value is -2.39. The van der Waals surface area contributed by atoms with E-state index in [-0.39, 0.29) is 5.75 Å². The zero-order chi connectivity index (χ0) is 16.1. The van der Waals surface area contributed by atoms with Crippen LogP contribution in [0.4, 0.5) is 5.69 Å². The fourth-order valence-electron chi connectivity index (χ4n) is 2.33. The minimum absolute atomic E-state index is 0.185. The molecule has 23 heavy (non-hydrogen) atoms. The van der Waals surface area contributed by atoms with Gasteiger partial charge in [-0.05, 0) is 35.7 Å². The molecule has 0 saturated heterocycles. The molecule has 0 bridgehead atoms. The molecule has 0 aliphatic carbocycles. The molecular weight excluding hydrogens is 350 g/mol. The van der Waals surface area contributed by atoms with Crippen LogP contribution < -0.4 is 0 Å². The number of hydrogen-bond donors (Lipinski definition) is 1. The summed E-state index contributed by atoms with van der Waals surface area (Å²) in [4.78, 5) is 4.43. The first kappa shape index (κ1) is 15.5. The van der Waals surface area contributed by atoms with E-state index in [1.807, 2.05) is 54.6 Å². The number of aliphatic imine (C=N–C) groups is 1. The van der Waals surface area contributed by atoms with Crippen LogP contribution in [0.3, 0.4) is 0 Å². The zero-order valence-corrected chi connectivity index (χ0v) is 14.1. The largest absolute Gasteiger partial charge is 0.506 e. The van der Waals surface area contributed by atoms with Crippen LogP contribution in [0.1, 0.15) is 16.7 Å². The van der Waals surface area contributed by atoms with E-state index in [0.29, 0.717) is 5.69 Å². The van der Waals surface area contributed by atoms with Crippen LogP contribution >= 0.6 is 15.9 Å². The number of nitrogens with zero attached hydrogens (tertiary/aromatic N) is 1. The normalized spacial score (nSPS) is 11.0. The molecule has 0 amide bonds. The van der Waals surface area contributed by atoms with E-state index >= 15 is 0 Å². The van der Waals surface area contributed by atoms with E-state index in [1.54, 1.807) is 12.3 Å². The maximum absolute atomic E-state index is 10.0. The average Bonchev–Trinajstić information content (AvgIpc) is 2.57. The molecule has 0 aliphatic heterocycles. The van der Waals surface area contributed by atoms with E-state index in [2.05, 4.69) is 33.1 Å². The van der Waals surface area contributed by atoms with Crippen molar-refractivity contribution >= 4 is 27.8 Å². The van der Waals surface area contributed by atoms with Crippen molar-refractivity contribution in [2.75, 3.05) is 0 Å². The molecule has 114 valence electrons. The summed E-state index contributed by atoms with van der Waals surface area (Å²) in [5.74, 6) is 0.185. The molecule has 0 atom stereocenters. The third-order valence-electron chi connectivity index (χ3n) is 3.54. The van der Waals surface area contributed by atoms with Gasteiger partial charge < -0.3 is 5.11 Å². The molecule has 3 aromatic carbocycles. The third kappa shape index (κ3) is 4.08. The summed E-state index contributed by atoms with van der Waals surface area (Å²) in [5, 5.41) is 10.0. The van der Waals surface area contributed by atoms with E-state index < -0.39 is 0 Å². The van der Waals surface area contributed by atoms with Crippen molar-refractivity contribution in [3.63, 3.8) is 0 Å². The number of rotatable bonds is 4. The molecule has 1 N–H and O–H groups in total. The minimum atomic E-state index is 0.185. The number of hydrogen-bond acceptors (Lipinski definition) is 2. The Labute approximate surface area is 144 Å². The molecule has 0 spiro atoms. The Kier molecular flexibility index (Phi) is 4.89. The molecular formula is C20H16BrNO. The predicted octanol–water partition coefficient (Wildman–Crippen LogP) is 5.50. The second-order valence-electron chi connectivity index (χ2n) is 5.27. The maximum Gasteiger partial charge on any atom is 0.141 e. The first-order chi connectivity index (χ1) is 11.2. The lowest BCUT2D eigenvalue weighted by Gasteiger charge is -2.05. The summed E-state index contributed by atoms with van der Waals surface area (Å²) < 4.78 is 0.976. The van der Waals surface area contributed by atoms with Gasteiger partial charge in [-0.15, -0.1) is 0 Å². The summed E-state index contributed by atoms with van der Waals surface area (Å²) in [6.45, 7) is 0. The maximum atomic E-state index is 10.0. The van der Waals surface area contributed by atoms with Crippen molar-refractivity contribution in [2.45, 2.75) is 6.42 Å². The molecule has 0 radical (unpaired) electrons. The van der Waals surface area contributed by atoms with Crippen molar-refractivity contribution < 1.29 is 5.11 Å². The number of benzene rings is 3. The van der Waals surface area contributed by atoms with Gasteiger partial charge in [-0.1, -0.05) is 70.5 Å². The molecule has 2 nitrogen and oxygen atoms in total. The highest BCUT2D eigenvalue weighted by molar-refractivity contribution is 9.10. The molecule has 3 aromatic rings. The summed E-state index contributed by atoms with van der Waals surface area (Å²) in [6, 6.07) is 23.7. The molecule has 0 aliphatic rings. The molecule has 0 fully saturated rings. The van der Waals surface area contributed by atoms with Gasteiger partial charge in [0.05, 0.1) is 0 Å². The number of phenols is 1. The SMILES string of the molecule is Oc1ccc(Cc2ccccc2)cc1N=Cc1ccccc1Br. The van der Waals surface area contributed by atoms with Crippen LogP contribution in [0.25, 0.3) is 0 Å². The number of aromatic hydroxyl groups is 1. The third-order valence-corrected chi connectivity index (χ3v) is 4.26. The summed E-state index contributed by atoms with van der Waals surface area (Å²) in [7, 11) is 0. The Morgan fingerprint density at radius 3 is 2.39 bits per heavy atom. The van der Waals surface area contributed by atoms with E-state index in [1.165, 1.54) is 5.56 Å². The lowest BCUT2D eigenvalue weighted by Crippen LogP contribution is -1.88. The summed E-state index contributed by atoms with van der Waals surface area (Å²) in [6.07, 6.45) is 2.57. The molecule has 0 saturated carbocycles. The van der Waals surface area contributed by atoms with Gasteiger partial charge in [-0.25, -0.2) is 0 Å². The highest BCUT2D eigenvalue weighted by Crippen LogP contribution is 2.28. The van der Waals surface area contributed by atoms with E-state index in [0.717, 1.165) is 22.0 Å². The van der Waals surface area contributed by atoms with Gasteiger partial charge in [0.25, 0.3) is 0 Å². The highest BCUT2D eigenvalue weighted by atomic mass is 79.9. The van der Waals surface area contributed by atoms with Crippen LogP contribution in [0, 0.1) is 0 Å². The predicted molar refractivity (Wildman–Crippen MR) is 98.8 cm³/mol. The van der Waals surface area contributed by atoms with Crippen molar-refractivity contribution in [3.8, 4) is 5.75 Å². The molecule has 3 heteroatoms. The standard InChI is InChI=1S/C20H16BrNO/c21-18-9-5-4-8-17(18)14-22-19-13-16(10-11-20(19)23)12-15-6-2-1-3-7-15/h1-11,13-14,23H,12H2. The van der Waals surface area contributed by atoms with Crippen molar-refractivity contribution in [1.82, 2.24) is 0 Å².